The van der Waals surface area contributed by atoms with E-state index in [1.54, 1.807) is 12.1 Å². The summed E-state index contributed by atoms with van der Waals surface area (Å²) in [4.78, 5) is 22.8. The molecule has 18 heavy (non-hydrogen) atoms. The first kappa shape index (κ1) is 14.0. The second kappa shape index (κ2) is 6.61. The van der Waals surface area contributed by atoms with Gasteiger partial charge in [-0.3, -0.25) is 4.79 Å². The molecule has 0 aliphatic rings. The van der Waals surface area contributed by atoms with Gasteiger partial charge in [0, 0.05) is 13.0 Å². The van der Waals surface area contributed by atoms with Gasteiger partial charge in [-0.05, 0) is 18.2 Å². The molecule has 0 saturated carbocycles. The summed E-state index contributed by atoms with van der Waals surface area (Å²) in [5, 5.41) is 2.65. The van der Waals surface area contributed by atoms with E-state index in [0.717, 1.165) is 0 Å². The van der Waals surface area contributed by atoms with Crippen molar-refractivity contribution in [3.8, 4) is 5.75 Å². The number of anilines is 1. The van der Waals surface area contributed by atoms with Crippen LogP contribution in [0.4, 0.5) is 5.69 Å². The lowest BCUT2D eigenvalue weighted by atomic mass is 10.2. The molecule has 0 aliphatic carbocycles. The summed E-state index contributed by atoms with van der Waals surface area (Å²) >= 11 is 0. The third-order valence-corrected chi connectivity index (χ3v) is 2.27. The highest BCUT2D eigenvalue weighted by Gasteiger charge is 2.11. The molecule has 0 atom stereocenters. The fourth-order valence-electron chi connectivity index (χ4n) is 1.38. The third kappa shape index (κ3) is 3.46. The van der Waals surface area contributed by atoms with Crippen LogP contribution in [0.25, 0.3) is 0 Å². The van der Waals surface area contributed by atoms with Crippen molar-refractivity contribution in [2.45, 2.75) is 6.42 Å². The van der Waals surface area contributed by atoms with Gasteiger partial charge in [0.25, 0.3) is 0 Å². The molecule has 3 N–H and O–H groups in total. The van der Waals surface area contributed by atoms with E-state index >= 15 is 0 Å². The van der Waals surface area contributed by atoms with E-state index in [-0.39, 0.29) is 18.9 Å². The average molecular weight is 252 g/mol. The van der Waals surface area contributed by atoms with Gasteiger partial charge in [0.05, 0.1) is 25.5 Å². The van der Waals surface area contributed by atoms with E-state index in [1.165, 1.54) is 20.3 Å². The highest BCUT2D eigenvalue weighted by atomic mass is 16.5. The molecule has 1 aromatic rings. The van der Waals surface area contributed by atoms with Crippen molar-refractivity contribution in [2.24, 2.45) is 5.73 Å². The van der Waals surface area contributed by atoms with Gasteiger partial charge in [-0.1, -0.05) is 0 Å². The molecule has 0 fully saturated rings. The Balaban J connectivity index is 2.93. The maximum absolute atomic E-state index is 11.4. The number of nitrogens with one attached hydrogen (secondary N) is 1. The molecule has 0 bridgehead atoms. The van der Waals surface area contributed by atoms with Crippen LogP contribution in [0.5, 0.6) is 5.75 Å². The monoisotopic (exact) mass is 252 g/mol. The molecular weight excluding hydrogens is 236 g/mol. The molecule has 0 aliphatic heterocycles. The lowest BCUT2D eigenvalue weighted by Gasteiger charge is -2.11. The lowest BCUT2D eigenvalue weighted by molar-refractivity contribution is -0.116. The second-order valence-corrected chi connectivity index (χ2v) is 3.49. The summed E-state index contributed by atoms with van der Waals surface area (Å²) in [6, 6.07) is 4.63. The Kier molecular flexibility index (Phi) is 5.13. The van der Waals surface area contributed by atoms with Gasteiger partial charge in [-0.15, -0.1) is 0 Å². The number of esters is 1. The topological polar surface area (TPSA) is 90.7 Å². The van der Waals surface area contributed by atoms with Gasteiger partial charge in [-0.2, -0.15) is 0 Å². The molecule has 0 spiro atoms. The van der Waals surface area contributed by atoms with Gasteiger partial charge in [0.15, 0.2) is 0 Å². The number of amides is 1. The van der Waals surface area contributed by atoms with Crippen LogP contribution in [0.3, 0.4) is 0 Å². The Morgan fingerprint density at radius 3 is 2.61 bits per heavy atom. The summed E-state index contributed by atoms with van der Waals surface area (Å²) in [5.74, 6) is -0.280. The minimum absolute atomic E-state index is 0.207. The zero-order valence-electron chi connectivity index (χ0n) is 10.4. The fourth-order valence-corrected chi connectivity index (χ4v) is 1.38. The number of benzene rings is 1. The standard InChI is InChI=1S/C12H16N2O4/c1-17-10-7-8(12(16)18-2)3-4-9(10)14-11(15)5-6-13/h3-4,7H,5-6,13H2,1-2H3,(H,14,15). The maximum Gasteiger partial charge on any atom is 0.337 e. The number of carbonyl (C=O) groups is 2. The first-order chi connectivity index (χ1) is 8.62. The largest absolute Gasteiger partial charge is 0.495 e. The van der Waals surface area contributed by atoms with Crippen LogP contribution in [0.15, 0.2) is 18.2 Å². The Labute approximate surface area is 105 Å². The summed E-state index contributed by atoms with van der Waals surface area (Å²) in [6.45, 7) is 0.272. The molecular formula is C12H16N2O4. The lowest BCUT2D eigenvalue weighted by Crippen LogP contribution is -2.16. The van der Waals surface area contributed by atoms with Crippen LogP contribution in [-0.4, -0.2) is 32.6 Å². The molecule has 1 rings (SSSR count). The number of rotatable bonds is 5. The highest BCUT2D eigenvalue weighted by Crippen LogP contribution is 2.25. The minimum atomic E-state index is -0.465. The van der Waals surface area contributed by atoms with Crippen LogP contribution < -0.4 is 15.8 Å². The Bertz CT molecular complexity index is 446. The van der Waals surface area contributed by atoms with Crippen LogP contribution in [-0.2, 0) is 9.53 Å². The number of nitrogens with two attached hydrogens (primary N) is 1. The van der Waals surface area contributed by atoms with Crippen LogP contribution in [0.2, 0.25) is 0 Å². The quantitative estimate of drug-likeness (QED) is 0.755. The molecule has 6 nitrogen and oxygen atoms in total. The molecule has 0 unspecified atom stereocenters. The molecule has 1 amide bonds. The minimum Gasteiger partial charge on any atom is -0.495 e. The molecule has 0 aromatic heterocycles. The molecule has 0 radical (unpaired) electrons. The van der Waals surface area contributed by atoms with Crippen molar-refractivity contribution < 1.29 is 19.1 Å². The summed E-state index contributed by atoms with van der Waals surface area (Å²) in [7, 11) is 2.75. The molecule has 6 heteroatoms. The first-order valence-electron chi connectivity index (χ1n) is 5.38. The van der Waals surface area contributed by atoms with E-state index in [2.05, 4.69) is 10.1 Å². The molecule has 0 heterocycles. The zero-order chi connectivity index (χ0) is 13.5. The smallest absolute Gasteiger partial charge is 0.337 e. The van der Waals surface area contributed by atoms with Crippen molar-refractivity contribution in [3.63, 3.8) is 0 Å². The van der Waals surface area contributed by atoms with E-state index in [4.69, 9.17) is 10.5 Å². The molecule has 1 aromatic carbocycles. The van der Waals surface area contributed by atoms with Crippen molar-refractivity contribution in [2.75, 3.05) is 26.1 Å². The number of carbonyl (C=O) groups excluding carboxylic acids is 2. The van der Waals surface area contributed by atoms with Gasteiger partial charge in [0.2, 0.25) is 5.91 Å². The van der Waals surface area contributed by atoms with Crippen LogP contribution in [0, 0.1) is 0 Å². The third-order valence-electron chi connectivity index (χ3n) is 2.27. The van der Waals surface area contributed by atoms with Crippen molar-refractivity contribution in [1.29, 1.82) is 0 Å². The molecule has 0 saturated heterocycles. The number of hydrogen-bond acceptors (Lipinski definition) is 5. The first-order valence-corrected chi connectivity index (χ1v) is 5.38. The predicted octanol–water partition coefficient (Wildman–Crippen LogP) is 0.769. The highest BCUT2D eigenvalue weighted by molar-refractivity contribution is 5.95. The number of ether oxygens (including phenoxy) is 2. The summed E-state index contributed by atoms with van der Waals surface area (Å²) < 4.78 is 9.70. The van der Waals surface area contributed by atoms with Crippen LogP contribution >= 0.6 is 0 Å². The molecule has 98 valence electrons. The van der Waals surface area contributed by atoms with E-state index in [0.29, 0.717) is 17.0 Å². The van der Waals surface area contributed by atoms with Gasteiger partial charge < -0.3 is 20.5 Å². The van der Waals surface area contributed by atoms with Crippen molar-refractivity contribution in [3.05, 3.63) is 23.8 Å². The van der Waals surface area contributed by atoms with Crippen LogP contribution in [0.1, 0.15) is 16.8 Å². The summed E-state index contributed by atoms with van der Waals surface area (Å²) in [6.07, 6.45) is 0.224. The Morgan fingerprint density at radius 1 is 1.33 bits per heavy atom. The van der Waals surface area contributed by atoms with E-state index < -0.39 is 5.97 Å². The zero-order valence-corrected chi connectivity index (χ0v) is 10.4. The number of hydrogen-bond donors (Lipinski definition) is 2. The van der Waals surface area contributed by atoms with Gasteiger partial charge in [0.1, 0.15) is 5.75 Å². The van der Waals surface area contributed by atoms with Gasteiger partial charge in [-0.25, -0.2) is 4.79 Å². The Morgan fingerprint density at radius 2 is 2.06 bits per heavy atom. The predicted molar refractivity (Wildman–Crippen MR) is 66.6 cm³/mol. The normalized spacial score (nSPS) is 9.72. The van der Waals surface area contributed by atoms with Crippen molar-refractivity contribution in [1.82, 2.24) is 0 Å². The van der Waals surface area contributed by atoms with E-state index in [1.807, 2.05) is 0 Å². The maximum atomic E-state index is 11.4. The van der Waals surface area contributed by atoms with Crippen molar-refractivity contribution >= 4 is 17.6 Å². The summed E-state index contributed by atoms with van der Waals surface area (Å²) in [5.41, 5.74) is 6.12. The SMILES string of the molecule is COC(=O)c1ccc(NC(=O)CCN)c(OC)c1. The fraction of sp³-hybridized carbons (Fsp3) is 0.333. The second-order valence-electron chi connectivity index (χ2n) is 3.49. The van der Waals surface area contributed by atoms with Gasteiger partial charge >= 0.3 is 5.97 Å². The Hall–Kier alpha value is -2.08. The van der Waals surface area contributed by atoms with E-state index in [9.17, 15) is 9.59 Å². The average Bonchev–Trinajstić information content (AvgIpc) is 2.38. The number of methoxy groups -OCH3 is 2.